The molecule has 0 fully saturated rings. The summed E-state index contributed by atoms with van der Waals surface area (Å²) in [5.74, 6) is 0. The highest BCUT2D eigenvalue weighted by Gasteiger charge is 2.37. The molecule has 6 rings (SSSR count). The Morgan fingerprint density at radius 1 is 0.833 bits per heavy atom. The molecule has 0 spiro atoms. The summed E-state index contributed by atoms with van der Waals surface area (Å²) in [4.78, 5) is 2.35. The maximum Gasteiger partial charge on any atom is 0.264 e. The van der Waals surface area contributed by atoms with Crippen LogP contribution < -0.4 is 38.8 Å². The van der Waals surface area contributed by atoms with Crippen molar-refractivity contribution in [2.75, 3.05) is 11.9 Å². The maximum absolute atomic E-state index is 8.49. The summed E-state index contributed by atoms with van der Waals surface area (Å²) in [5, 5.41) is 6.43. The second-order valence-electron chi connectivity index (χ2n) is 10.7. The predicted octanol–water partition coefficient (Wildman–Crippen LogP) is 1.35. The first kappa shape index (κ1) is 30.0. The molecular formula is C33H34ClN3O4S. The molecule has 2 aromatic heterocycles. The van der Waals surface area contributed by atoms with E-state index in [2.05, 4.69) is 140 Å². The number of aromatic nitrogens is 2. The number of anilines is 1. The first-order valence-corrected chi connectivity index (χ1v) is 15.9. The highest BCUT2D eigenvalue weighted by Crippen LogP contribution is 2.46. The topological polar surface area (TPSA) is 104 Å². The van der Waals surface area contributed by atoms with Gasteiger partial charge in [-0.05, 0) is 43.7 Å². The van der Waals surface area contributed by atoms with Crippen molar-refractivity contribution in [2.45, 2.75) is 46.2 Å². The molecule has 5 aromatic rings. The van der Waals surface area contributed by atoms with Gasteiger partial charge in [-0.2, -0.15) is 4.57 Å². The minimum Gasteiger partial charge on any atom is -0.347 e. The van der Waals surface area contributed by atoms with Crippen LogP contribution in [0.3, 0.4) is 0 Å². The predicted molar refractivity (Wildman–Crippen MR) is 159 cm³/mol. The van der Waals surface area contributed by atoms with Crippen LogP contribution in [0.15, 0.2) is 84.6 Å². The van der Waals surface area contributed by atoms with E-state index < -0.39 is 10.2 Å². The summed E-state index contributed by atoms with van der Waals surface area (Å²) < 4.78 is 40.2. The lowest BCUT2D eigenvalue weighted by molar-refractivity contribution is -2.00. The Kier molecular flexibility index (Phi) is 8.31. The van der Waals surface area contributed by atoms with Crippen molar-refractivity contribution in [3.05, 3.63) is 106 Å². The molecule has 0 saturated heterocycles. The van der Waals surface area contributed by atoms with Crippen molar-refractivity contribution < 1.29 is 33.4 Å². The van der Waals surface area contributed by atoms with Gasteiger partial charge in [-0.25, -0.2) is 18.6 Å². The summed E-state index contributed by atoms with van der Waals surface area (Å²) in [6, 6.07) is 26.3. The molecule has 0 atom stereocenters. The molecule has 42 heavy (non-hydrogen) atoms. The van der Waals surface area contributed by atoms with Crippen LogP contribution in [0.2, 0.25) is 0 Å². The lowest BCUT2D eigenvalue weighted by atomic mass is 9.84. The van der Waals surface area contributed by atoms with Gasteiger partial charge in [-0.1, -0.05) is 79.8 Å². The second-order valence-corrected chi connectivity index (χ2v) is 12.5. The van der Waals surface area contributed by atoms with Gasteiger partial charge in [-0.3, -0.25) is 0 Å². The zero-order valence-corrected chi connectivity index (χ0v) is 25.9. The SMILES string of the molecule is CCn1/c(=C\C=C2/N(C)c3ccccc3C2(C)C)c2ccccc2/c1=C/c1sc2ccccc2[n+]1CC.[O-][Cl+3]([O-])([O-])[O-]. The van der Waals surface area contributed by atoms with Crippen molar-refractivity contribution >= 4 is 50.2 Å². The van der Waals surface area contributed by atoms with E-state index in [1.54, 1.807) is 0 Å². The van der Waals surface area contributed by atoms with Crippen LogP contribution in [-0.4, -0.2) is 11.6 Å². The molecule has 3 heterocycles. The number of hydrogen-bond acceptors (Lipinski definition) is 6. The molecule has 9 heteroatoms. The fourth-order valence-corrected chi connectivity index (χ4v) is 7.25. The summed E-state index contributed by atoms with van der Waals surface area (Å²) in [6.45, 7) is 11.0. The summed E-state index contributed by atoms with van der Waals surface area (Å²) >= 11 is 1.87. The molecule has 1 aliphatic rings. The maximum atomic E-state index is 8.49. The van der Waals surface area contributed by atoms with E-state index in [1.165, 1.54) is 53.6 Å². The Morgan fingerprint density at radius 3 is 2.07 bits per heavy atom. The number of rotatable bonds is 4. The Labute approximate surface area is 251 Å². The molecular weight excluding hydrogens is 570 g/mol. The van der Waals surface area contributed by atoms with Crippen molar-refractivity contribution in [3.63, 3.8) is 0 Å². The fraction of sp³-hybridized carbons (Fsp3) is 0.242. The molecule has 7 nitrogen and oxygen atoms in total. The number of halogens is 1. The van der Waals surface area contributed by atoms with Crippen molar-refractivity contribution in [2.24, 2.45) is 0 Å². The Hall–Kier alpha value is -3.50. The third kappa shape index (κ3) is 5.62. The zero-order valence-electron chi connectivity index (χ0n) is 24.3. The number of benzene rings is 3. The average molecular weight is 604 g/mol. The third-order valence-electron chi connectivity index (χ3n) is 7.93. The molecule has 1 aliphatic heterocycles. The van der Waals surface area contributed by atoms with E-state index in [0.717, 1.165) is 13.1 Å². The monoisotopic (exact) mass is 603 g/mol. The van der Waals surface area contributed by atoms with Crippen molar-refractivity contribution in [3.8, 4) is 0 Å². The summed E-state index contributed by atoms with van der Waals surface area (Å²) in [6.07, 6.45) is 7.07. The number of allylic oxidation sites excluding steroid dienone is 2. The largest absolute Gasteiger partial charge is 0.347 e. The smallest absolute Gasteiger partial charge is 0.264 e. The zero-order chi connectivity index (χ0) is 30.2. The van der Waals surface area contributed by atoms with Gasteiger partial charge in [0.15, 0.2) is 0 Å². The van der Waals surface area contributed by atoms with E-state index in [0.29, 0.717) is 0 Å². The van der Waals surface area contributed by atoms with Gasteiger partial charge >= 0.3 is 0 Å². The molecule has 0 aliphatic carbocycles. The van der Waals surface area contributed by atoms with Crippen LogP contribution >= 0.6 is 11.3 Å². The standard InChI is InChI=1S/C33H34N3S.ClHO4/c1-6-35-26(20-21-31-33(3,4)25-16-10-11-17-27(25)34(31)5)23-14-8-9-15-24(23)29(35)22-32-36(7-2)28-18-12-13-19-30(28)37-32;2-1(3,4)5/h8-22H,6-7H2,1-5H3;(H,2,3,4,5)/q+1;/p-1. The highest BCUT2D eigenvalue weighted by molar-refractivity contribution is 7.18. The third-order valence-corrected chi connectivity index (χ3v) is 9.04. The number of hydrogen-bond donors (Lipinski definition) is 0. The molecule has 0 N–H and O–H groups in total. The number of fused-ring (bicyclic) bond motifs is 3. The Balaban J connectivity index is 0.000000652. The lowest BCUT2D eigenvalue weighted by Crippen LogP contribution is -2.68. The molecule has 0 bridgehead atoms. The first-order chi connectivity index (χ1) is 20.0. The Bertz CT molecular complexity index is 1910. The molecule has 0 unspecified atom stereocenters. The highest BCUT2D eigenvalue weighted by atomic mass is 35.7. The number of para-hydroxylation sites is 2. The van der Waals surface area contributed by atoms with E-state index in [-0.39, 0.29) is 5.41 Å². The number of aryl methyl sites for hydroxylation is 1. The summed E-state index contributed by atoms with van der Waals surface area (Å²) in [7, 11) is -2.76. The van der Waals surface area contributed by atoms with Crippen molar-refractivity contribution in [1.29, 1.82) is 0 Å². The Morgan fingerprint density at radius 2 is 1.43 bits per heavy atom. The molecule has 0 radical (unpaired) electrons. The van der Waals surface area contributed by atoms with Gasteiger partial charge in [-0.15, -0.1) is 10.2 Å². The van der Waals surface area contributed by atoms with Crippen LogP contribution in [-0.2, 0) is 18.5 Å². The lowest BCUT2D eigenvalue weighted by Gasteiger charge is -2.23. The van der Waals surface area contributed by atoms with Crippen molar-refractivity contribution in [1.82, 2.24) is 4.57 Å². The second kappa shape index (κ2) is 11.6. The van der Waals surface area contributed by atoms with Crippen LogP contribution in [0.25, 0.3) is 33.1 Å². The average Bonchev–Trinajstić information content (AvgIpc) is 3.52. The minimum atomic E-state index is -4.94. The van der Waals surface area contributed by atoms with Gasteiger partial charge in [0, 0.05) is 58.7 Å². The van der Waals surface area contributed by atoms with Crippen LogP contribution in [0, 0.1) is 10.2 Å². The normalized spacial score (nSPS) is 16.4. The minimum absolute atomic E-state index is 0.0417. The van der Waals surface area contributed by atoms with Gasteiger partial charge < -0.3 is 9.47 Å². The number of thiazole rings is 1. The quantitative estimate of drug-likeness (QED) is 0.289. The van der Waals surface area contributed by atoms with E-state index in [1.807, 2.05) is 11.3 Å². The van der Waals surface area contributed by atoms with Crippen LogP contribution in [0.4, 0.5) is 5.69 Å². The van der Waals surface area contributed by atoms with E-state index in [4.69, 9.17) is 18.6 Å². The van der Waals surface area contributed by atoms with Crippen LogP contribution in [0.5, 0.6) is 0 Å². The van der Waals surface area contributed by atoms with E-state index in [9.17, 15) is 0 Å². The first-order valence-electron chi connectivity index (χ1n) is 13.8. The van der Waals surface area contributed by atoms with Gasteiger partial charge in [0.05, 0.1) is 5.35 Å². The van der Waals surface area contributed by atoms with E-state index >= 15 is 0 Å². The molecule has 3 aromatic carbocycles. The van der Waals surface area contributed by atoms with Gasteiger partial charge in [0.2, 0.25) is 5.52 Å². The van der Waals surface area contributed by atoms with Gasteiger partial charge in [0.1, 0.15) is 11.2 Å². The summed E-state index contributed by atoms with van der Waals surface area (Å²) in [5.41, 5.74) is 5.27. The molecule has 0 saturated carbocycles. The number of likely N-dealkylation sites (N-methyl/N-ethyl adjacent to an activating group) is 1. The molecule has 218 valence electrons. The van der Waals surface area contributed by atoms with Gasteiger partial charge in [0.25, 0.3) is 5.01 Å². The fourth-order valence-electron chi connectivity index (χ4n) is 6.09. The number of nitrogens with zero attached hydrogens (tertiary/aromatic N) is 3. The molecule has 0 amide bonds. The van der Waals surface area contributed by atoms with Crippen LogP contribution in [0.1, 0.15) is 38.3 Å².